The third kappa shape index (κ3) is 3.23. The molecule has 120 valence electrons. The second-order valence-corrected chi connectivity index (χ2v) is 5.98. The van der Waals surface area contributed by atoms with Gasteiger partial charge in [0.1, 0.15) is 5.54 Å². The van der Waals surface area contributed by atoms with Crippen LogP contribution in [0.25, 0.3) is 5.95 Å². The fourth-order valence-corrected chi connectivity index (χ4v) is 2.76. The van der Waals surface area contributed by atoms with Gasteiger partial charge in [0.05, 0.1) is 6.07 Å². The summed E-state index contributed by atoms with van der Waals surface area (Å²) < 4.78 is 1.57. The van der Waals surface area contributed by atoms with Crippen LogP contribution in [0.5, 0.6) is 0 Å². The number of rotatable bonds is 4. The van der Waals surface area contributed by atoms with Gasteiger partial charge < -0.3 is 10.6 Å². The van der Waals surface area contributed by atoms with E-state index in [4.69, 9.17) is 0 Å². The van der Waals surface area contributed by atoms with Crippen LogP contribution in [0.1, 0.15) is 32.6 Å². The van der Waals surface area contributed by atoms with E-state index >= 15 is 0 Å². The van der Waals surface area contributed by atoms with Gasteiger partial charge in [-0.2, -0.15) is 25.3 Å². The molecule has 1 saturated carbocycles. The highest BCUT2D eigenvalue weighted by molar-refractivity contribution is 5.41. The Bertz CT molecular complexity index is 695. The Morgan fingerprint density at radius 1 is 1.26 bits per heavy atom. The normalized spacial score (nSPS) is 24.0. The van der Waals surface area contributed by atoms with Crippen LogP contribution in [0.3, 0.4) is 0 Å². The van der Waals surface area contributed by atoms with Crippen molar-refractivity contribution in [2.45, 2.75) is 38.1 Å². The number of aromatic nitrogens is 5. The molecule has 0 unspecified atom stereocenters. The van der Waals surface area contributed by atoms with Crippen molar-refractivity contribution >= 4 is 11.9 Å². The molecule has 2 heterocycles. The zero-order chi connectivity index (χ0) is 16.3. The topological polar surface area (TPSA) is 104 Å². The van der Waals surface area contributed by atoms with Crippen molar-refractivity contribution in [2.24, 2.45) is 5.92 Å². The van der Waals surface area contributed by atoms with Crippen LogP contribution in [-0.4, -0.2) is 37.3 Å². The van der Waals surface area contributed by atoms with Crippen molar-refractivity contribution in [3.05, 3.63) is 18.5 Å². The Balaban J connectivity index is 1.90. The maximum atomic E-state index is 9.65. The molecule has 23 heavy (non-hydrogen) atoms. The van der Waals surface area contributed by atoms with Gasteiger partial charge in [-0.1, -0.05) is 6.92 Å². The Morgan fingerprint density at radius 3 is 2.61 bits per heavy atom. The summed E-state index contributed by atoms with van der Waals surface area (Å²) in [6.45, 7) is 2.22. The third-order valence-electron chi connectivity index (χ3n) is 4.25. The maximum Gasteiger partial charge on any atom is 0.257 e. The number of nitriles is 1. The van der Waals surface area contributed by atoms with Gasteiger partial charge in [-0.15, -0.1) is 0 Å². The van der Waals surface area contributed by atoms with Crippen LogP contribution in [0, 0.1) is 17.2 Å². The number of hydrogen-bond donors (Lipinski definition) is 2. The standard InChI is InChI=1S/C15H20N8/c1-11-4-6-15(10-16,7-5-11)22-13-19-12(17-2)20-14(21-13)23-9-3-8-18-23/h3,8-9,11H,4-7H2,1-2H3,(H2,17,19,20,21,22). The van der Waals surface area contributed by atoms with E-state index in [1.165, 1.54) is 0 Å². The van der Waals surface area contributed by atoms with Gasteiger partial charge in [-0.3, -0.25) is 0 Å². The molecule has 8 heteroatoms. The van der Waals surface area contributed by atoms with Crippen LogP contribution >= 0.6 is 0 Å². The molecule has 1 aliphatic rings. The fraction of sp³-hybridized carbons (Fsp3) is 0.533. The first kappa shape index (κ1) is 15.2. The lowest BCUT2D eigenvalue weighted by Crippen LogP contribution is -2.41. The first-order valence-corrected chi connectivity index (χ1v) is 7.77. The molecule has 0 aliphatic heterocycles. The van der Waals surface area contributed by atoms with Crippen molar-refractivity contribution < 1.29 is 0 Å². The molecule has 0 aromatic carbocycles. The Hall–Kier alpha value is -2.69. The smallest absolute Gasteiger partial charge is 0.257 e. The van der Waals surface area contributed by atoms with Crippen LogP contribution in [0.15, 0.2) is 18.5 Å². The van der Waals surface area contributed by atoms with Gasteiger partial charge in [0, 0.05) is 19.4 Å². The number of nitrogens with one attached hydrogen (secondary N) is 2. The molecule has 2 aromatic heterocycles. The van der Waals surface area contributed by atoms with E-state index < -0.39 is 5.54 Å². The Kier molecular flexibility index (Phi) is 4.10. The molecular formula is C15H20N8. The zero-order valence-electron chi connectivity index (χ0n) is 13.3. The van der Waals surface area contributed by atoms with Gasteiger partial charge in [-0.25, -0.2) is 4.68 Å². The number of nitrogens with zero attached hydrogens (tertiary/aromatic N) is 6. The molecule has 0 atom stereocenters. The lowest BCUT2D eigenvalue weighted by Gasteiger charge is -2.34. The van der Waals surface area contributed by atoms with Crippen molar-refractivity contribution in [1.82, 2.24) is 24.7 Å². The van der Waals surface area contributed by atoms with E-state index in [0.717, 1.165) is 25.7 Å². The minimum atomic E-state index is -0.611. The van der Waals surface area contributed by atoms with Crippen LogP contribution in [0.2, 0.25) is 0 Å². The van der Waals surface area contributed by atoms with Crippen LogP contribution in [0.4, 0.5) is 11.9 Å². The summed E-state index contributed by atoms with van der Waals surface area (Å²) in [5, 5.41) is 19.9. The molecule has 2 aromatic rings. The summed E-state index contributed by atoms with van der Waals surface area (Å²) in [5.74, 6) is 1.90. The summed E-state index contributed by atoms with van der Waals surface area (Å²) in [4.78, 5) is 13.0. The molecule has 3 rings (SSSR count). The monoisotopic (exact) mass is 312 g/mol. The molecular weight excluding hydrogens is 292 g/mol. The van der Waals surface area contributed by atoms with E-state index in [9.17, 15) is 5.26 Å². The van der Waals surface area contributed by atoms with Crippen molar-refractivity contribution in [1.29, 1.82) is 5.26 Å². The summed E-state index contributed by atoms with van der Waals surface area (Å²) in [6.07, 6.45) is 7.06. The quantitative estimate of drug-likeness (QED) is 0.889. The molecule has 0 amide bonds. The number of hydrogen-bond acceptors (Lipinski definition) is 7. The van der Waals surface area contributed by atoms with Crippen molar-refractivity contribution in [2.75, 3.05) is 17.7 Å². The van der Waals surface area contributed by atoms with Gasteiger partial charge >= 0.3 is 0 Å². The Morgan fingerprint density at radius 2 is 2.00 bits per heavy atom. The highest BCUT2D eigenvalue weighted by Gasteiger charge is 2.35. The molecule has 0 spiro atoms. The van der Waals surface area contributed by atoms with Gasteiger partial charge in [0.15, 0.2) is 0 Å². The highest BCUT2D eigenvalue weighted by atomic mass is 15.4. The summed E-state index contributed by atoms with van der Waals surface area (Å²) in [5.41, 5.74) is -0.611. The molecule has 0 bridgehead atoms. The lowest BCUT2D eigenvalue weighted by atomic mass is 9.78. The SMILES string of the molecule is CNc1nc(NC2(C#N)CCC(C)CC2)nc(-n2cccn2)n1. The van der Waals surface area contributed by atoms with E-state index in [-0.39, 0.29) is 0 Å². The predicted molar refractivity (Wildman–Crippen MR) is 86.1 cm³/mol. The van der Waals surface area contributed by atoms with Gasteiger partial charge in [0.25, 0.3) is 5.95 Å². The van der Waals surface area contributed by atoms with Crippen molar-refractivity contribution in [3.8, 4) is 12.0 Å². The zero-order valence-corrected chi connectivity index (χ0v) is 13.3. The van der Waals surface area contributed by atoms with Gasteiger partial charge in [-0.05, 0) is 37.7 Å². The highest BCUT2D eigenvalue weighted by Crippen LogP contribution is 2.33. The fourth-order valence-electron chi connectivity index (χ4n) is 2.76. The average molecular weight is 312 g/mol. The lowest BCUT2D eigenvalue weighted by molar-refractivity contribution is 0.313. The van der Waals surface area contributed by atoms with Crippen LogP contribution < -0.4 is 10.6 Å². The first-order chi connectivity index (χ1) is 11.1. The van der Waals surface area contributed by atoms with Crippen molar-refractivity contribution in [3.63, 3.8) is 0 Å². The van der Waals surface area contributed by atoms with E-state index in [1.54, 1.807) is 30.2 Å². The first-order valence-electron chi connectivity index (χ1n) is 7.77. The van der Waals surface area contributed by atoms with E-state index in [1.807, 2.05) is 0 Å². The van der Waals surface area contributed by atoms with Gasteiger partial charge in [0.2, 0.25) is 11.9 Å². The number of anilines is 2. The molecule has 0 radical (unpaired) electrons. The van der Waals surface area contributed by atoms with E-state index in [2.05, 4.69) is 43.7 Å². The predicted octanol–water partition coefficient (Wildman–Crippen LogP) is 1.98. The minimum Gasteiger partial charge on any atom is -0.357 e. The summed E-state index contributed by atoms with van der Waals surface area (Å²) >= 11 is 0. The second kappa shape index (κ2) is 6.20. The molecule has 8 nitrogen and oxygen atoms in total. The Labute approximate surface area is 135 Å². The summed E-state index contributed by atoms with van der Waals surface area (Å²) in [6, 6.07) is 4.22. The maximum absolute atomic E-state index is 9.65. The second-order valence-electron chi connectivity index (χ2n) is 5.98. The third-order valence-corrected chi connectivity index (χ3v) is 4.25. The molecule has 1 aliphatic carbocycles. The minimum absolute atomic E-state index is 0.394. The largest absolute Gasteiger partial charge is 0.357 e. The van der Waals surface area contributed by atoms with Crippen LogP contribution in [-0.2, 0) is 0 Å². The summed E-state index contributed by atoms with van der Waals surface area (Å²) in [7, 11) is 1.74. The molecule has 1 fully saturated rings. The average Bonchev–Trinajstić information content (AvgIpc) is 3.11. The molecule has 2 N–H and O–H groups in total. The molecule has 0 saturated heterocycles. The van der Waals surface area contributed by atoms with E-state index in [0.29, 0.717) is 23.8 Å².